The number of nitrogens with one attached hydrogen (secondary N) is 2. The third-order valence-corrected chi connectivity index (χ3v) is 4.79. The second-order valence-corrected chi connectivity index (χ2v) is 6.36. The van der Waals surface area contributed by atoms with Crippen molar-refractivity contribution in [2.75, 3.05) is 12.4 Å². The zero-order chi connectivity index (χ0) is 13.9. The Kier molecular flexibility index (Phi) is 4.38. The minimum atomic E-state index is -3.63. The van der Waals surface area contributed by atoms with Crippen LogP contribution in [0.25, 0.3) is 0 Å². The molecule has 0 amide bonds. The molecule has 1 aliphatic carbocycles. The second kappa shape index (κ2) is 5.85. The molecule has 2 rings (SSSR count). The normalized spacial score (nSPS) is 24.1. The number of hydrogen-bond donors (Lipinski definition) is 3. The zero-order valence-electron chi connectivity index (χ0n) is 10.8. The van der Waals surface area contributed by atoms with Crippen LogP contribution in [0, 0.1) is 0 Å². The molecule has 1 fully saturated rings. The van der Waals surface area contributed by atoms with Crippen molar-refractivity contribution < 1.29 is 13.5 Å². The lowest BCUT2D eigenvalue weighted by atomic mass is 9.94. The minimum absolute atomic E-state index is 0.0172. The number of aromatic nitrogens is 1. The van der Waals surface area contributed by atoms with Crippen LogP contribution in [0.3, 0.4) is 0 Å². The average Bonchev–Trinajstić information content (AvgIpc) is 2.41. The summed E-state index contributed by atoms with van der Waals surface area (Å²) in [6.07, 6.45) is 3.73. The SMILES string of the molecule is CNc1cccnc1S(=O)(=O)NC1CCC(O)CC1. The van der Waals surface area contributed by atoms with Gasteiger partial charge in [0, 0.05) is 19.3 Å². The first-order valence-electron chi connectivity index (χ1n) is 6.36. The Morgan fingerprint density at radius 2 is 2.00 bits per heavy atom. The van der Waals surface area contributed by atoms with Crippen molar-refractivity contribution in [2.24, 2.45) is 0 Å². The fourth-order valence-corrected chi connectivity index (χ4v) is 3.71. The zero-order valence-corrected chi connectivity index (χ0v) is 11.7. The average molecular weight is 285 g/mol. The summed E-state index contributed by atoms with van der Waals surface area (Å²) < 4.78 is 27.2. The molecule has 1 heterocycles. The van der Waals surface area contributed by atoms with Gasteiger partial charge in [-0.15, -0.1) is 0 Å². The second-order valence-electron chi connectivity index (χ2n) is 4.73. The predicted octanol–water partition coefficient (Wildman–Crippen LogP) is 0.705. The van der Waals surface area contributed by atoms with Crippen LogP contribution in [-0.4, -0.2) is 37.7 Å². The Labute approximate surface area is 113 Å². The fraction of sp³-hybridized carbons (Fsp3) is 0.583. The highest BCUT2D eigenvalue weighted by molar-refractivity contribution is 7.89. The summed E-state index contributed by atoms with van der Waals surface area (Å²) in [6.45, 7) is 0. The van der Waals surface area contributed by atoms with E-state index >= 15 is 0 Å². The van der Waals surface area contributed by atoms with Crippen LogP contribution in [-0.2, 0) is 10.0 Å². The molecule has 0 saturated heterocycles. The van der Waals surface area contributed by atoms with Crippen molar-refractivity contribution in [3.05, 3.63) is 18.3 Å². The summed E-state index contributed by atoms with van der Waals surface area (Å²) in [6, 6.07) is 3.23. The number of rotatable bonds is 4. The number of hydrogen-bond acceptors (Lipinski definition) is 5. The van der Waals surface area contributed by atoms with Gasteiger partial charge in [-0.05, 0) is 37.8 Å². The Balaban J connectivity index is 2.14. The molecule has 0 radical (unpaired) electrons. The van der Waals surface area contributed by atoms with Crippen LogP contribution in [0.4, 0.5) is 5.69 Å². The standard InChI is InChI=1S/C12H19N3O3S/c1-13-11-3-2-8-14-12(11)19(17,18)15-9-4-6-10(16)7-5-9/h2-3,8-10,13,15-16H,4-7H2,1H3. The number of pyridine rings is 1. The summed E-state index contributed by atoms with van der Waals surface area (Å²) in [4.78, 5) is 3.94. The van der Waals surface area contributed by atoms with Crippen molar-refractivity contribution in [1.29, 1.82) is 0 Å². The Morgan fingerprint density at radius 1 is 1.32 bits per heavy atom. The van der Waals surface area contributed by atoms with Crippen molar-refractivity contribution in [2.45, 2.75) is 42.9 Å². The molecule has 0 aromatic carbocycles. The summed E-state index contributed by atoms with van der Waals surface area (Å²) in [5, 5.41) is 12.3. The van der Waals surface area contributed by atoms with Crippen LogP contribution in [0.5, 0.6) is 0 Å². The number of sulfonamides is 1. The molecule has 7 heteroatoms. The molecular weight excluding hydrogens is 266 g/mol. The van der Waals surface area contributed by atoms with Crippen molar-refractivity contribution in [3.63, 3.8) is 0 Å². The summed E-state index contributed by atoms with van der Waals surface area (Å²) in [5.74, 6) is 0. The first-order valence-corrected chi connectivity index (χ1v) is 7.84. The van der Waals surface area contributed by atoms with Gasteiger partial charge in [0.1, 0.15) is 0 Å². The lowest BCUT2D eigenvalue weighted by Gasteiger charge is -2.26. The van der Waals surface area contributed by atoms with Crippen molar-refractivity contribution in [3.8, 4) is 0 Å². The van der Waals surface area contributed by atoms with E-state index in [0.717, 1.165) is 0 Å². The highest BCUT2D eigenvalue weighted by Gasteiger charge is 2.26. The van der Waals surface area contributed by atoms with E-state index in [9.17, 15) is 13.5 Å². The van der Waals surface area contributed by atoms with E-state index < -0.39 is 10.0 Å². The topological polar surface area (TPSA) is 91.3 Å². The van der Waals surface area contributed by atoms with Crippen molar-refractivity contribution >= 4 is 15.7 Å². The molecule has 0 aliphatic heterocycles. The quantitative estimate of drug-likeness (QED) is 0.757. The van der Waals surface area contributed by atoms with Crippen LogP contribution < -0.4 is 10.0 Å². The monoisotopic (exact) mass is 285 g/mol. The van der Waals surface area contributed by atoms with Gasteiger partial charge in [0.05, 0.1) is 11.8 Å². The van der Waals surface area contributed by atoms with Gasteiger partial charge in [-0.1, -0.05) is 0 Å². The van der Waals surface area contributed by atoms with E-state index in [-0.39, 0.29) is 17.2 Å². The van der Waals surface area contributed by atoms with Gasteiger partial charge in [0.25, 0.3) is 10.0 Å². The first kappa shape index (κ1) is 14.2. The van der Waals surface area contributed by atoms with E-state index in [1.54, 1.807) is 19.2 Å². The van der Waals surface area contributed by atoms with Gasteiger partial charge in [-0.3, -0.25) is 0 Å². The molecule has 19 heavy (non-hydrogen) atoms. The third kappa shape index (κ3) is 3.43. The van der Waals surface area contributed by atoms with Crippen LogP contribution >= 0.6 is 0 Å². The highest BCUT2D eigenvalue weighted by atomic mass is 32.2. The highest BCUT2D eigenvalue weighted by Crippen LogP contribution is 2.22. The molecule has 0 atom stereocenters. The lowest BCUT2D eigenvalue weighted by Crippen LogP contribution is -2.39. The molecule has 3 N–H and O–H groups in total. The summed E-state index contributed by atoms with van der Waals surface area (Å²) in [7, 11) is -1.97. The first-order chi connectivity index (χ1) is 9.03. The molecule has 1 aliphatic rings. The minimum Gasteiger partial charge on any atom is -0.393 e. The summed E-state index contributed by atoms with van der Waals surface area (Å²) in [5.41, 5.74) is 0.478. The fourth-order valence-electron chi connectivity index (χ4n) is 2.26. The molecule has 1 aromatic heterocycles. The molecule has 6 nitrogen and oxygen atoms in total. The molecule has 0 spiro atoms. The molecule has 0 unspecified atom stereocenters. The van der Waals surface area contributed by atoms with Crippen LogP contribution in [0.15, 0.2) is 23.4 Å². The van der Waals surface area contributed by atoms with Crippen LogP contribution in [0.1, 0.15) is 25.7 Å². The molecule has 1 saturated carbocycles. The molecular formula is C12H19N3O3S. The van der Waals surface area contributed by atoms with Gasteiger partial charge in [0.2, 0.25) is 0 Å². The maximum absolute atomic E-state index is 12.3. The molecule has 0 bridgehead atoms. The van der Waals surface area contributed by atoms with Gasteiger partial charge < -0.3 is 10.4 Å². The van der Waals surface area contributed by atoms with Gasteiger partial charge in [0.15, 0.2) is 5.03 Å². The van der Waals surface area contributed by atoms with E-state index in [0.29, 0.717) is 31.4 Å². The molecule has 106 valence electrons. The smallest absolute Gasteiger partial charge is 0.260 e. The number of aliphatic hydroxyl groups excluding tert-OH is 1. The Morgan fingerprint density at radius 3 is 2.63 bits per heavy atom. The largest absolute Gasteiger partial charge is 0.393 e. The van der Waals surface area contributed by atoms with Gasteiger partial charge in [-0.2, -0.15) is 0 Å². The number of nitrogens with zero attached hydrogens (tertiary/aromatic N) is 1. The predicted molar refractivity (Wildman–Crippen MR) is 72.4 cm³/mol. The Hall–Kier alpha value is -1.18. The van der Waals surface area contributed by atoms with Gasteiger partial charge >= 0.3 is 0 Å². The van der Waals surface area contributed by atoms with Gasteiger partial charge in [-0.25, -0.2) is 18.1 Å². The number of aliphatic hydroxyl groups is 1. The maximum Gasteiger partial charge on any atom is 0.260 e. The molecule has 1 aromatic rings. The van der Waals surface area contributed by atoms with E-state index in [1.807, 2.05) is 0 Å². The summed E-state index contributed by atoms with van der Waals surface area (Å²) >= 11 is 0. The van der Waals surface area contributed by atoms with E-state index in [1.165, 1.54) is 6.20 Å². The van der Waals surface area contributed by atoms with Crippen molar-refractivity contribution in [1.82, 2.24) is 9.71 Å². The van der Waals surface area contributed by atoms with E-state index in [2.05, 4.69) is 15.0 Å². The lowest BCUT2D eigenvalue weighted by molar-refractivity contribution is 0.120. The number of anilines is 1. The third-order valence-electron chi connectivity index (χ3n) is 3.31. The van der Waals surface area contributed by atoms with E-state index in [4.69, 9.17) is 0 Å². The van der Waals surface area contributed by atoms with Crippen LogP contribution in [0.2, 0.25) is 0 Å². The Bertz CT molecular complexity index is 525. The maximum atomic E-state index is 12.3.